The molecule has 3 heterocycles. The number of hydrogen-bond donors (Lipinski definition) is 11. The Hall–Kier alpha value is -7.35. The topological polar surface area (TPSA) is 323 Å². The molecule has 324 valence electrons. The lowest BCUT2D eigenvalue weighted by Gasteiger charge is -2.27. The van der Waals surface area contributed by atoms with Gasteiger partial charge in [-0.3, -0.25) is 33.8 Å². The summed E-state index contributed by atoms with van der Waals surface area (Å²) in [5.41, 5.74) is 26.1. The van der Waals surface area contributed by atoms with Gasteiger partial charge < -0.3 is 59.5 Å². The highest BCUT2D eigenvalue weighted by atomic mass is 32.2. The highest BCUT2D eigenvalue weighted by Gasteiger charge is 2.34. The number of imidazole rings is 1. The largest absolute Gasteiger partial charge is 0.399 e. The van der Waals surface area contributed by atoms with Crippen LogP contribution in [0.5, 0.6) is 0 Å². The molecule has 0 bridgehead atoms. The molecule has 0 saturated heterocycles. The Labute approximate surface area is 360 Å². The molecule has 0 aliphatic carbocycles. The molecule has 2 aromatic heterocycles. The number of carbonyl (C=O) groups excluding carboxylic acids is 6. The molecule has 3 aromatic carbocycles. The Morgan fingerprint density at radius 3 is 2.11 bits per heavy atom. The van der Waals surface area contributed by atoms with E-state index in [1.54, 1.807) is 48.7 Å². The number of aromatic nitrogens is 3. The van der Waals surface area contributed by atoms with Gasteiger partial charge in [0.05, 0.1) is 11.9 Å². The van der Waals surface area contributed by atoms with Gasteiger partial charge in [0.2, 0.25) is 29.5 Å². The highest BCUT2D eigenvalue weighted by Crippen LogP contribution is 2.26. The SMILES string of the molecule is NC(=O)[C@@H]1CSc2ccc(N)cc2C(=O)N[C@@H](Cc2cnc[nH]2)C(=O)N[C@H](Cc2ccccc2)C(=O)N[C@@H](CCCN=C(N)N)C(=O)N[C@@H](Cc2c[nH]c3ccccc23)C(=O)N1. The first kappa shape index (κ1) is 44.2. The van der Waals surface area contributed by atoms with Gasteiger partial charge >= 0.3 is 0 Å². The lowest BCUT2D eigenvalue weighted by Crippen LogP contribution is -2.60. The summed E-state index contributed by atoms with van der Waals surface area (Å²) in [7, 11) is 0. The van der Waals surface area contributed by atoms with E-state index in [0.717, 1.165) is 22.7 Å². The van der Waals surface area contributed by atoms with Crippen LogP contribution in [0, 0.1) is 0 Å². The number of nitrogens with zero attached hydrogens (tertiary/aromatic N) is 2. The molecule has 1 aliphatic rings. The number of aliphatic imine (C=N–C) groups is 1. The number of H-pyrrole nitrogens is 2. The molecule has 0 fully saturated rings. The first-order valence-electron chi connectivity index (χ1n) is 19.8. The Kier molecular flexibility index (Phi) is 14.8. The van der Waals surface area contributed by atoms with E-state index in [1.807, 2.05) is 24.3 Å². The summed E-state index contributed by atoms with van der Waals surface area (Å²) in [6.45, 7) is 0.117. The zero-order valence-corrected chi connectivity index (χ0v) is 34.4. The molecule has 19 nitrogen and oxygen atoms in total. The van der Waals surface area contributed by atoms with Gasteiger partial charge in [-0.25, -0.2) is 4.98 Å². The monoisotopic (exact) mass is 863 g/mol. The third-order valence-electron chi connectivity index (χ3n) is 10.1. The normalized spacial score (nSPS) is 20.5. The second kappa shape index (κ2) is 20.8. The van der Waals surface area contributed by atoms with E-state index in [9.17, 15) is 28.8 Å². The minimum absolute atomic E-state index is 0.00157. The standard InChI is InChI=1S/C42H49N13O6S/c43-25-12-13-35-28(17-25)37(57)52-33(18-26-20-47-22-50-26)41(61)53-31(15-23-7-2-1-3-8-23)39(59)51-30(11-6-14-48-42(45)46)38(58)54-32(40(60)55-34(21-62-35)36(44)56)16-24-19-49-29-10-5-4-9-27(24)29/h1-5,7-10,12-13,17,19-20,22,30-34,49H,6,11,14-16,18,21,43H2,(H2,44,56)(H,47,50)(H,51,59)(H,52,57)(H,53,61)(H,54,58)(H,55,60)(H4,45,46,48)/t30-,31+,32-,33-,34-/m0/s1. The Morgan fingerprint density at radius 1 is 0.742 bits per heavy atom. The Bertz CT molecular complexity index is 2420. The molecule has 62 heavy (non-hydrogen) atoms. The number of thioether (sulfide) groups is 1. The summed E-state index contributed by atoms with van der Waals surface area (Å²) in [5.74, 6) is -4.75. The van der Waals surface area contributed by atoms with Gasteiger partial charge in [-0.1, -0.05) is 48.5 Å². The molecule has 20 heteroatoms. The van der Waals surface area contributed by atoms with Gasteiger partial charge in [-0.05, 0) is 48.2 Å². The van der Waals surface area contributed by atoms with Crippen molar-refractivity contribution >= 4 is 69.8 Å². The lowest BCUT2D eigenvalue weighted by atomic mass is 10.0. The molecule has 6 rings (SSSR count). The molecule has 1 aliphatic heterocycles. The van der Waals surface area contributed by atoms with Crippen molar-refractivity contribution in [1.82, 2.24) is 41.5 Å². The fourth-order valence-electron chi connectivity index (χ4n) is 6.93. The van der Waals surface area contributed by atoms with Crippen molar-refractivity contribution in [2.75, 3.05) is 18.0 Å². The third-order valence-corrected chi connectivity index (χ3v) is 11.3. The van der Waals surface area contributed by atoms with Gasteiger partial charge in [0.25, 0.3) is 5.91 Å². The summed E-state index contributed by atoms with van der Waals surface area (Å²) < 4.78 is 0. The van der Waals surface area contributed by atoms with Crippen molar-refractivity contribution < 1.29 is 28.8 Å². The van der Waals surface area contributed by atoms with Crippen LogP contribution >= 0.6 is 11.8 Å². The van der Waals surface area contributed by atoms with Crippen molar-refractivity contribution in [1.29, 1.82) is 0 Å². The molecular formula is C42H49N13O6S. The van der Waals surface area contributed by atoms with Crippen molar-refractivity contribution in [3.05, 3.63) is 114 Å². The minimum Gasteiger partial charge on any atom is -0.399 e. The number of hydrogen-bond acceptors (Lipinski definition) is 10. The third kappa shape index (κ3) is 11.9. The first-order valence-corrected chi connectivity index (χ1v) is 20.8. The Morgan fingerprint density at radius 2 is 1.40 bits per heavy atom. The van der Waals surface area contributed by atoms with Gasteiger partial charge in [-0.2, -0.15) is 0 Å². The fraction of sp³-hybridized carbons (Fsp3) is 0.286. The van der Waals surface area contributed by atoms with Crippen molar-refractivity contribution in [2.45, 2.75) is 67.2 Å². The summed E-state index contributed by atoms with van der Waals surface area (Å²) in [4.78, 5) is 99.0. The van der Waals surface area contributed by atoms with Gasteiger partial charge in [0, 0.05) is 71.1 Å². The number of primary amides is 1. The molecule has 0 unspecified atom stereocenters. The zero-order chi connectivity index (χ0) is 44.2. The summed E-state index contributed by atoms with van der Waals surface area (Å²) >= 11 is 1.05. The van der Waals surface area contributed by atoms with E-state index < -0.39 is 65.7 Å². The van der Waals surface area contributed by atoms with Crippen LogP contribution in [0.4, 0.5) is 5.69 Å². The first-order chi connectivity index (χ1) is 29.8. The molecular weight excluding hydrogens is 815 g/mol. The van der Waals surface area contributed by atoms with E-state index >= 15 is 0 Å². The predicted octanol–water partition coefficient (Wildman–Crippen LogP) is -0.116. The number of nitrogens with two attached hydrogens (primary N) is 4. The van der Waals surface area contributed by atoms with Crippen LogP contribution in [0.2, 0.25) is 0 Å². The van der Waals surface area contributed by atoms with Crippen LogP contribution < -0.4 is 49.5 Å². The smallest absolute Gasteiger partial charge is 0.253 e. The molecule has 0 saturated carbocycles. The number of aromatic amines is 2. The highest BCUT2D eigenvalue weighted by molar-refractivity contribution is 7.99. The average Bonchev–Trinajstić information content (AvgIpc) is 3.92. The Balaban J connectivity index is 1.41. The fourth-order valence-corrected chi connectivity index (χ4v) is 8.00. The van der Waals surface area contributed by atoms with Gasteiger partial charge in [-0.15, -0.1) is 11.8 Å². The number of carbonyl (C=O) groups is 6. The van der Waals surface area contributed by atoms with Crippen LogP contribution in [0.3, 0.4) is 0 Å². The van der Waals surface area contributed by atoms with Gasteiger partial charge in [0.1, 0.15) is 30.2 Å². The molecule has 0 spiro atoms. The van der Waals surface area contributed by atoms with Crippen LogP contribution in [-0.2, 0) is 43.2 Å². The number of amides is 6. The van der Waals surface area contributed by atoms with Crippen molar-refractivity contribution in [3.63, 3.8) is 0 Å². The quantitative estimate of drug-likeness (QED) is 0.0360. The second-order valence-corrected chi connectivity index (χ2v) is 15.8. The number of nitrogen functional groups attached to an aromatic ring is 1. The molecule has 0 radical (unpaired) electrons. The summed E-state index contributed by atoms with van der Waals surface area (Å²) in [6, 6.07) is 14.6. The maximum atomic E-state index is 14.4. The summed E-state index contributed by atoms with van der Waals surface area (Å²) in [6.07, 6.45) is 4.82. The van der Waals surface area contributed by atoms with Crippen molar-refractivity contribution in [3.8, 4) is 0 Å². The zero-order valence-electron chi connectivity index (χ0n) is 33.6. The number of fused-ring (bicyclic) bond motifs is 2. The van der Waals surface area contributed by atoms with Crippen LogP contribution in [0.1, 0.15) is 40.0 Å². The second-order valence-electron chi connectivity index (χ2n) is 14.7. The van der Waals surface area contributed by atoms with Gasteiger partial charge in [0.15, 0.2) is 5.96 Å². The number of anilines is 1. The van der Waals surface area contributed by atoms with E-state index in [4.69, 9.17) is 22.9 Å². The maximum Gasteiger partial charge on any atom is 0.253 e. The van der Waals surface area contributed by atoms with E-state index in [1.165, 1.54) is 18.6 Å². The minimum atomic E-state index is -1.28. The van der Waals surface area contributed by atoms with Crippen LogP contribution in [-0.4, -0.2) is 98.9 Å². The number of nitrogens with one attached hydrogen (secondary N) is 7. The van der Waals surface area contributed by atoms with Crippen LogP contribution in [0.15, 0.2) is 101 Å². The van der Waals surface area contributed by atoms with E-state index in [0.29, 0.717) is 21.7 Å². The molecule has 5 aromatic rings. The lowest BCUT2D eigenvalue weighted by molar-refractivity contribution is -0.134. The predicted molar refractivity (Wildman–Crippen MR) is 234 cm³/mol. The van der Waals surface area contributed by atoms with E-state index in [-0.39, 0.29) is 61.6 Å². The average molecular weight is 864 g/mol. The van der Waals surface area contributed by atoms with Crippen molar-refractivity contribution in [2.24, 2.45) is 22.2 Å². The van der Waals surface area contributed by atoms with E-state index in [2.05, 4.69) is 46.5 Å². The summed E-state index contributed by atoms with van der Waals surface area (Å²) in [5, 5.41) is 14.7. The number of para-hydroxylation sites is 1. The number of rotatable bonds is 11. The molecule has 6 amide bonds. The number of guanidine groups is 1. The van der Waals surface area contributed by atoms with Crippen LogP contribution in [0.25, 0.3) is 10.9 Å². The number of benzene rings is 3. The molecule has 15 N–H and O–H groups in total. The molecule has 5 atom stereocenters. The maximum absolute atomic E-state index is 14.4.